The summed E-state index contributed by atoms with van der Waals surface area (Å²) in [5.41, 5.74) is 4.20. The monoisotopic (exact) mass is 417 g/mol. The van der Waals surface area contributed by atoms with Crippen LogP contribution in [0.1, 0.15) is 34.3 Å². The zero-order valence-corrected chi connectivity index (χ0v) is 18.2. The number of esters is 1. The number of nitrogens with zero attached hydrogens (tertiary/aromatic N) is 2. The van der Waals surface area contributed by atoms with Gasteiger partial charge in [-0.3, -0.25) is 0 Å². The first-order valence-electron chi connectivity index (χ1n) is 11.4. The Hall–Kier alpha value is -2.63. The van der Waals surface area contributed by atoms with E-state index in [4.69, 9.17) is 4.74 Å². The number of nitrogens with one attached hydrogen (secondary N) is 1. The van der Waals surface area contributed by atoms with Gasteiger partial charge in [-0.25, -0.2) is 4.79 Å². The quantitative estimate of drug-likeness (QED) is 0.596. The highest BCUT2D eigenvalue weighted by atomic mass is 16.5. The number of methoxy groups -OCH3 is 1. The lowest BCUT2D eigenvalue weighted by Crippen LogP contribution is -2.56. The van der Waals surface area contributed by atoms with Crippen LogP contribution in [0.4, 0.5) is 0 Å². The van der Waals surface area contributed by atoms with Crippen LogP contribution in [0.25, 0.3) is 10.9 Å². The lowest BCUT2D eigenvalue weighted by Gasteiger charge is -2.45. The van der Waals surface area contributed by atoms with Crippen LogP contribution in [0, 0.1) is 5.92 Å². The van der Waals surface area contributed by atoms with Crippen LogP contribution in [0.5, 0.6) is 0 Å². The Morgan fingerprint density at radius 2 is 1.90 bits per heavy atom. The average molecular weight is 418 g/mol. The third-order valence-corrected chi connectivity index (χ3v) is 7.04. The maximum atomic E-state index is 12.5. The molecule has 1 aromatic heterocycles. The number of carbonyl (C=O) groups is 1. The maximum Gasteiger partial charge on any atom is 0.338 e. The summed E-state index contributed by atoms with van der Waals surface area (Å²) >= 11 is 0. The van der Waals surface area contributed by atoms with Gasteiger partial charge in [-0.05, 0) is 68.1 Å². The fraction of sp³-hybridized carbons (Fsp3) is 0.423. The molecule has 5 heteroatoms. The molecule has 0 unspecified atom stereocenters. The lowest BCUT2D eigenvalue weighted by atomic mass is 9.84. The number of piperidine rings is 3. The van der Waals surface area contributed by atoms with E-state index in [1.165, 1.54) is 50.7 Å². The van der Waals surface area contributed by atoms with Gasteiger partial charge >= 0.3 is 5.97 Å². The van der Waals surface area contributed by atoms with Crippen molar-refractivity contribution in [3.63, 3.8) is 0 Å². The first-order valence-corrected chi connectivity index (χ1v) is 11.4. The van der Waals surface area contributed by atoms with E-state index in [2.05, 4.69) is 51.3 Å². The van der Waals surface area contributed by atoms with Crippen molar-refractivity contribution in [1.82, 2.24) is 14.8 Å². The van der Waals surface area contributed by atoms with E-state index in [0.29, 0.717) is 11.6 Å². The Morgan fingerprint density at radius 3 is 2.61 bits per heavy atom. The standard InChI is InChI=1S/C26H31N3O2/c1-31-26(30)22-8-5-9-24-25(22)21(17-29(24)16-19-6-3-2-4-7-19)10-13-27-23-18-28-14-11-20(23)12-15-28/h2-9,17,20,23,27H,10-16,18H2,1H3/t23-/m0/s1. The Kier molecular flexibility index (Phi) is 5.79. The van der Waals surface area contributed by atoms with Crippen LogP contribution in [-0.2, 0) is 17.7 Å². The van der Waals surface area contributed by atoms with Crippen molar-refractivity contribution in [2.75, 3.05) is 33.3 Å². The number of aromatic nitrogens is 1. The molecule has 3 aromatic rings. The predicted molar refractivity (Wildman–Crippen MR) is 123 cm³/mol. The van der Waals surface area contributed by atoms with Gasteiger partial charge in [0.2, 0.25) is 0 Å². The molecule has 3 fully saturated rings. The number of fused-ring (bicyclic) bond motifs is 4. The van der Waals surface area contributed by atoms with Gasteiger partial charge in [0, 0.05) is 36.2 Å². The third kappa shape index (κ3) is 4.12. The van der Waals surface area contributed by atoms with Gasteiger partial charge in [0.1, 0.15) is 0 Å². The summed E-state index contributed by atoms with van der Waals surface area (Å²) in [5, 5.41) is 4.85. The van der Waals surface area contributed by atoms with Crippen LogP contribution in [-0.4, -0.2) is 54.8 Å². The molecule has 162 valence electrons. The van der Waals surface area contributed by atoms with Crippen molar-refractivity contribution < 1.29 is 9.53 Å². The molecule has 6 rings (SSSR count). The molecule has 0 saturated carbocycles. The van der Waals surface area contributed by atoms with Crippen molar-refractivity contribution in [2.24, 2.45) is 5.92 Å². The molecule has 3 aliphatic rings. The Balaban J connectivity index is 1.41. The molecule has 0 radical (unpaired) electrons. The third-order valence-electron chi connectivity index (χ3n) is 7.04. The first kappa shape index (κ1) is 20.3. The van der Waals surface area contributed by atoms with E-state index >= 15 is 0 Å². The zero-order chi connectivity index (χ0) is 21.2. The second-order valence-corrected chi connectivity index (χ2v) is 8.91. The maximum absolute atomic E-state index is 12.5. The number of hydrogen-bond donors (Lipinski definition) is 1. The summed E-state index contributed by atoms with van der Waals surface area (Å²) < 4.78 is 7.36. The van der Waals surface area contributed by atoms with E-state index in [0.717, 1.165) is 36.3 Å². The summed E-state index contributed by atoms with van der Waals surface area (Å²) in [5.74, 6) is 0.546. The summed E-state index contributed by atoms with van der Waals surface area (Å²) in [6.45, 7) is 5.41. The number of hydrogen-bond acceptors (Lipinski definition) is 4. The molecule has 0 aliphatic carbocycles. The largest absolute Gasteiger partial charge is 0.465 e. The number of ether oxygens (including phenoxy) is 1. The van der Waals surface area contributed by atoms with Gasteiger partial charge in [0.05, 0.1) is 12.7 Å². The summed E-state index contributed by atoms with van der Waals surface area (Å²) in [4.78, 5) is 15.1. The highest BCUT2D eigenvalue weighted by Crippen LogP contribution is 2.29. The Bertz CT molecular complexity index is 1050. The fourth-order valence-electron chi connectivity index (χ4n) is 5.41. The van der Waals surface area contributed by atoms with E-state index in [9.17, 15) is 4.79 Å². The second kappa shape index (κ2) is 8.85. The minimum absolute atomic E-state index is 0.269. The number of carbonyl (C=O) groups excluding carboxylic acids is 1. The van der Waals surface area contributed by atoms with Crippen molar-refractivity contribution in [1.29, 1.82) is 0 Å². The summed E-state index contributed by atoms with van der Waals surface area (Å²) in [7, 11) is 1.46. The molecule has 5 nitrogen and oxygen atoms in total. The highest BCUT2D eigenvalue weighted by molar-refractivity contribution is 6.05. The second-order valence-electron chi connectivity index (χ2n) is 8.91. The minimum atomic E-state index is -0.269. The van der Waals surface area contributed by atoms with Crippen molar-refractivity contribution in [3.8, 4) is 0 Å². The fourth-order valence-corrected chi connectivity index (χ4v) is 5.41. The SMILES string of the molecule is COC(=O)c1cccc2c1c(CCN[C@H]1CN3CCC1CC3)cn2Cc1ccccc1. The Morgan fingerprint density at radius 1 is 1.10 bits per heavy atom. The van der Waals surface area contributed by atoms with Crippen LogP contribution < -0.4 is 5.32 Å². The first-order chi connectivity index (χ1) is 15.2. The topological polar surface area (TPSA) is 46.5 Å². The summed E-state index contributed by atoms with van der Waals surface area (Å²) in [6.07, 6.45) is 5.76. The molecule has 1 atom stereocenters. The molecule has 0 amide bonds. The zero-order valence-electron chi connectivity index (χ0n) is 18.2. The van der Waals surface area contributed by atoms with E-state index in [1.807, 2.05) is 18.2 Å². The van der Waals surface area contributed by atoms with E-state index in [-0.39, 0.29) is 5.97 Å². The van der Waals surface area contributed by atoms with Crippen molar-refractivity contribution in [3.05, 3.63) is 71.4 Å². The predicted octanol–water partition coefficient (Wildman–Crippen LogP) is 3.70. The van der Waals surface area contributed by atoms with Gasteiger partial charge in [0.15, 0.2) is 0 Å². The van der Waals surface area contributed by atoms with Crippen LogP contribution >= 0.6 is 0 Å². The molecule has 2 aromatic carbocycles. The summed E-state index contributed by atoms with van der Waals surface area (Å²) in [6, 6.07) is 17.0. The molecule has 3 saturated heterocycles. The van der Waals surface area contributed by atoms with E-state index < -0.39 is 0 Å². The normalized spacial score (nSPS) is 22.7. The molecule has 2 bridgehead atoms. The lowest BCUT2D eigenvalue weighted by molar-refractivity contribution is 0.0603. The minimum Gasteiger partial charge on any atom is -0.465 e. The van der Waals surface area contributed by atoms with Gasteiger partial charge < -0.3 is 19.5 Å². The van der Waals surface area contributed by atoms with Gasteiger partial charge in [-0.15, -0.1) is 0 Å². The van der Waals surface area contributed by atoms with Crippen molar-refractivity contribution in [2.45, 2.75) is 31.8 Å². The van der Waals surface area contributed by atoms with Gasteiger partial charge in [-0.1, -0.05) is 36.4 Å². The van der Waals surface area contributed by atoms with Crippen LogP contribution in [0.3, 0.4) is 0 Å². The molecular formula is C26H31N3O2. The van der Waals surface area contributed by atoms with Gasteiger partial charge in [-0.2, -0.15) is 0 Å². The number of rotatable bonds is 7. The highest BCUT2D eigenvalue weighted by Gasteiger charge is 2.33. The van der Waals surface area contributed by atoms with E-state index in [1.54, 1.807) is 0 Å². The molecule has 31 heavy (non-hydrogen) atoms. The van der Waals surface area contributed by atoms with Crippen LogP contribution in [0.2, 0.25) is 0 Å². The molecule has 0 spiro atoms. The van der Waals surface area contributed by atoms with Crippen molar-refractivity contribution >= 4 is 16.9 Å². The smallest absolute Gasteiger partial charge is 0.338 e. The van der Waals surface area contributed by atoms with Crippen LogP contribution in [0.15, 0.2) is 54.7 Å². The number of benzene rings is 2. The molecule has 3 aliphatic heterocycles. The molecule has 1 N–H and O–H groups in total. The van der Waals surface area contributed by atoms with Gasteiger partial charge in [0.25, 0.3) is 0 Å². The molecular weight excluding hydrogens is 386 g/mol. The molecule has 4 heterocycles. The Labute approximate surface area is 184 Å². The average Bonchev–Trinajstić information content (AvgIpc) is 3.17.